The van der Waals surface area contributed by atoms with Gasteiger partial charge in [-0.1, -0.05) is 56.5 Å². The predicted octanol–water partition coefficient (Wildman–Crippen LogP) is 7.77. The molecule has 1 unspecified atom stereocenters. The summed E-state index contributed by atoms with van der Waals surface area (Å²) in [6, 6.07) is 19.1. The standard InChI is InChI=1S/C44H51ClN6O6/c45-38-27-35(18-12-30(38)28-46)57-34-19-15-32(16-20-34)49-41(53)29-10-13-31(14-11-29)47-24-8-6-4-2-1-3-5-7-9-25-48-33-17-21-36-37(26-33)44(56)51(43(36)55)39-22-23-40(52)50-42(39)54/h10-14,17-18,21,26-27,32,34,39,47-48H,1-9,15-16,19-20,22-25H2,(H,49,53)(H,50,52,54). The van der Waals surface area contributed by atoms with Crippen LogP contribution in [0.1, 0.15) is 133 Å². The zero-order chi connectivity index (χ0) is 40.1. The minimum atomic E-state index is -0.961. The summed E-state index contributed by atoms with van der Waals surface area (Å²) < 4.78 is 6.07. The van der Waals surface area contributed by atoms with Gasteiger partial charge in [-0.3, -0.25) is 34.2 Å². The summed E-state index contributed by atoms with van der Waals surface area (Å²) in [6.07, 6.45) is 14.0. The number of fused-ring (bicyclic) bond motifs is 1. The lowest BCUT2D eigenvalue weighted by molar-refractivity contribution is -0.136. The van der Waals surface area contributed by atoms with E-state index in [1.165, 1.54) is 38.5 Å². The monoisotopic (exact) mass is 794 g/mol. The number of piperidine rings is 1. The van der Waals surface area contributed by atoms with Crippen molar-refractivity contribution in [3.63, 3.8) is 0 Å². The molecule has 2 fully saturated rings. The van der Waals surface area contributed by atoms with Crippen LogP contribution >= 0.6 is 11.6 Å². The molecule has 3 aromatic rings. The van der Waals surface area contributed by atoms with E-state index in [1.54, 1.807) is 36.4 Å². The van der Waals surface area contributed by atoms with Gasteiger partial charge in [-0.15, -0.1) is 0 Å². The van der Waals surface area contributed by atoms with Gasteiger partial charge in [0, 0.05) is 48.6 Å². The molecule has 1 aliphatic carbocycles. The molecule has 5 amide bonds. The lowest BCUT2D eigenvalue weighted by atomic mass is 9.92. The van der Waals surface area contributed by atoms with Crippen LogP contribution < -0.4 is 26.0 Å². The van der Waals surface area contributed by atoms with Crippen LogP contribution in [0.4, 0.5) is 11.4 Å². The molecule has 2 heterocycles. The summed E-state index contributed by atoms with van der Waals surface area (Å²) in [5.41, 5.74) is 3.43. The number of anilines is 2. The number of nitrogens with zero attached hydrogens (tertiary/aromatic N) is 2. The number of imide groups is 2. The number of amides is 5. The lowest BCUT2D eigenvalue weighted by Crippen LogP contribution is -2.54. The van der Waals surface area contributed by atoms with Crippen LogP contribution in [-0.4, -0.2) is 65.7 Å². The first kappa shape index (κ1) is 41.2. The fraction of sp³-hybridized carbons (Fsp3) is 0.455. The van der Waals surface area contributed by atoms with Crippen molar-refractivity contribution >= 4 is 52.5 Å². The molecule has 0 radical (unpaired) electrons. The molecule has 12 nitrogen and oxygen atoms in total. The largest absolute Gasteiger partial charge is 0.490 e. The summed E-state index contributed by atoms with van der Waals surface area (Å²) in [5.74, 6) is -1.39. The van der Waals surface area contributed by atoms with Gasteiger partial charge in [-0.2, -0.15) is 5.26 Å². The number of hydrogen-bond donors (Lipinski definition) is 4. The number of ether oxygens (including phenoxy) is 1. The molecule has 4 N–H and O–H groups in total. The number of benzene rings is 3. The molecule has 0 spiro atoms. The molecule has 300 valence electrons. The van der Waals surface area contributed by atoms with Crippen molar-refractivity contribution in [3.05, 3.63) is 87.9 Å². The van der Waals surface area contributed by atoms with Gasteiger partial charge in [-0.05, 0) is 99.5 Å². The summed E-state index contributed by atoms with van der Waals surface area (Å²) in [4.78, 5) is 63.6. The molecule has 13 heteroatoms. The Morgan fingerprint density at radius 2 is 1.37 bits per heavy atom. The number of rotatable bonds is 19. The Bertz CT molecular complexity index is 1970. The third-order valence-electron chi connectivity index (χ3n) is 11.0. The maximum atomic E-state index is 13.0. The van der Waals surface area contributed by atoms with Crippen molar-refractivity contribution in [1.82, 2.24) is 15.5 Å². The summed E-state index contributed by atoms with van der Waals surface area (Å²) in [6.45, 7) is 1.66. The van der Waals surface area contributed by atoms with Crippen molar-refractivity contribution in [1.29, 1.82) is 5.26 Å². The van der Waals surface area contributed by atoms with E-state index in [2.05, 4.69) is 27.3 Å². The van der Waals surface area contributed by atoms with E-state index >= 15 is 0 Å². The Morgan fingerprint density at radius 3 is 2.00 bits per heavy atom. The Hall–Kier alpha value is -5.41. The van der Waals surface area contributed by atoms with Gasteiger partial charge in [0.15, 0.2) is 0 Å². The second kappa shape index (κ2) is 20.1. The van der Waals surface area contributed by atoms with Crippen LogP contribution in [-0.2, 0) is 9.59 Å². The van der Waals surface area contributed by atoms with E-state index in [1.807, 2.05) is 24.3 Å². The van der Waals surface area contributed by atoms with Crippen molar-refractivity contribution in [3.8, 4) is 11.8 Å². The van der Waals surface area contributed by atoms with Crippen molar-refractivity contribution in [2.75, 3.05) is 23.7 Å². The van der Waals surface area contributed by atoms with E-state index < -0.39 is 29.7 Å². The number of carbonyl (C=O) groups excluding carboxylic acids is 5. The fourth-order valence-electron chi connectivity index (χ4n) is 7.72. The Kier molecular flexibility index (Phi) is 14.6. The zero-order valence-electron chi connectivity index (χ0n) is 32.2. The van der Waals surface area contributed by atoms with E-state index in [-0.39, 0.29) is 42.0 Å². The Morgan fingerprint density at radius 1 is 0.754 bits per heavy atom. The zero-order valence-corrected chi connectivity index (χ0v) is 33.0. The molecule has 6 rings (SSSR count). The molecule has 3 aliphatic rings. The topological polar surface area (TPSA) is 170 Å². The molecule has 3 aromatic carbocycles. The highest BCUT2D eigenvalue weighted by atomic mass is 35.5. The SMILES string of the molecule is N#Cc1ccc(OC2CCC(NC(=O)c3ccc(NCCCCCCCCCCCNc4ccc5c(c4)C(=O)N(C4CCC(=O)NC4=O)C5=O)cc3)CC2)cc1Cl. The predicted molar refractivity (Wildman–Crippen MR) is 218 cm³/mol. The molecule has 2 aliphatic heterocycles. The highest BCUT2D eigenvalue weighted by molar-refractivity contribution is 6.31. The van der Waals surface area contributed by atoms with E-state index in [4.69, 9.17) is 21.6 Å². The number of halogens is 1. The Balaban J connectivity index is 0.761. The van der Waals surface area contributed by atoms with Gasteiger partial charge >= 0.3 is 0 Å². The lowest BCUT2D eigenvalue weighted by Gasteiger charge is -2.29. The van der Waals surface area contributed by atoms with Crippen LogP contribution in [0.3, 0.4) is 0 Å². The minimum Gasteiger partial charge on any atom is -0.490 e. The molecule has 0 bridgehead atoms. The third-order valence-corrected chi connectivity index (χ3v) is 11.3. The summed E-state index contributed by atoms with van der Waals surface area (Å²) in [5, 5.41) is 21.7. The van der Waals surface area contributed by atoms with Crippen LogP contribution in [0.25, 0.3) is 0 Å². The van der Waals surface area contributed by atoms with Crippen LogP contribution in [0.2, 0.25) is 5.02 Å². The average molecular weight is 795 g/mol. The van der Waals surface area contributed by atoms with E-state index in [0.29, 0.717) is 21.9 Å². The molecular formula is C44H51ClN6O6. The average Bonchev–Trinajstić information content (AvgIpc) is 3.45. The Labute approximate surface area is 339 Å². The third kappa shape index (κ3) is 11.1. The number of hydrogen-bond acceptors (Lipinski definition) is 9. The van der Waals surface area contributed by atoms with Gasteiger partial charge in [0.25, 0.3) is 17.7 Å². The molecular weight excluding hydrogens is 744 g/mol. The number of nitriles is 1. The van der Waals surface area contributed by atoms with E-state index in [9.17, 15) is 24.0 Å². The molecule has 1 saturated carbocycles. The number of unbranched alkanes of at least 4 members (excludes halogenated alkanes) is 8. The minimum absolute atomic E-state index is 0.0561. The van der Waals surface area contributed by atoms with E-state index in [0.717, 1.165) is 74.3 Å². The quantitative estimate of drug-likeness (QED) is 0.0700. The first-order chi connectivity index (χ1) is 27.7. The molecule has 1 atom stereocenters. The normalized spacial score (nSPS) is 19.1. The molecule has 0 aromatic heterocycles. The highest BCUT2D eigenvalue weighted by Gasteiger charge is 2.44. The molecule has 57 heavy (non-hydrogen) atoms. The first-order valence-corrected chi connectivity index (χ1v) is 20.7. The van der Waals surface area contributed by atoms with Gasteiger partial charge in [0.1, 0.15) is 17.9 Å². The van der Waals surface area contributed by atoms with Crippen LogP contribution in [0.5, 0.6) is 5.75 Å². The second-order valence-electron chi connectivity index (χ2n) is 15.1. The summed E-state index contributed by atoms with van der Waals surface area (Å²) in [7, 11) is 0. The maximum absolute atomic E-state index is 13.0. The maximum Gasteiger partial charge on any atom is 0.262 e. The van der Waals surface area contributed by atoms with Crippen molar-refractivity contribution in [2.24, 2.45) is 0 Å². The van der Waals surface area contributed by atoms with Gasteiger partial charge in [0.05, 0.1) is 27.8 Å². The fourth-order valence-corrected chi connectivity index (χ4v) is 7.93. The summed E-state index contributed by atoms with van der Waals surface area (Å²) >= 11 is 6.13. The number of nitrogens with one attached hydrogen (secondary N) is 4. The highest BCUT2D eigenvalue weighted by Crippen LogP contribution is 2.30. The number of carbonyl (C=O) groups is 5. The van der Waals surface area contributed by atoms with Crippen LogP contribution in [0, 0.1) is 11.3 Å². The van der Waals surface area contributed by atoms with Gasteiger partial charge in [0.2, 0.25) is 11.8 Å². The second-order valence-corrected chi connectivity index (χ2v) is 15.5. The van der Waals surface area contributed by atoms with Gasteiger partial charge in [-0.25, -0.2) is 0 Å². The molecule has 1 saturated heterocycles. The smallest absolute Gasteiger partial charge is 0.262 e. The van der Waals surface area contributed by atoms with Crippen LogP contribution in [0.15, 0.2) is 60.7 Å². The van der Waals surface area contributed by atoms with Gasteiger partial charge < -0.3 is 20.7 Å². The van der Waals surface area contributed by atoms with Crippen molar-refractivity contribution < 1.29 is 28.7 Å². The first-order valence-electron chi connectivity index (χ1n) is 20.3. The van der Waals surface area contributed by atoms with Crippen molar-refractivity contribution in [2.45, 2.75) is 114 Å².